The Morgan fingerprint density at radius 3 is 3.00 bits per heavy atom. The quantitative estimate of drug-likeness (QED) is 0.372. The second-order valence-electron chi connectivity index (χ2n) is 2.27. The van der Waals surface area contributed by atoms with Gasteiger partial charge in [-0.3, -0.25) is 0 Å². The highest BCUT2D eigenvalue weighted by atomic mass is 35.5. The van der Waals surface area contributed by atoms with Gasteiger partial charge in [-0.05, 0) is 31.0 Å². The van der Waals surface area contributed by atoms with Crippen LogP contribution in [0.15, 0.2) is 5.11 Å². The molecule has 0 unspecified atom stereocenters. The van der Waals surface area contributed by atoms with Crippen molar-refractivity contribution in [1.29, 1.82) is 0 Å². The molecule has 0 bridgehead atoms. The zero-order chi connectivity index (χ0) is 6.53. The van der Waals surface area contributed by atoms with Crippen molar-refractivity contribution in [3.63, 3.8) is 0 Å². The van der Waals surface area contributed by atoms with Crippen LogP contribution in [0.2, 0.25) is 0 Å². The molecule has 1 saturated heterocycles. The number of nitrogens with zero attached hydrogens (tertiary/aromatic N) is 3. The van der Waals surface area contributed by atoms with Crippen molar-refractivity contribution in [2.75, 3.05) is 19.6 Å². The maximum Gasteiger partial charge on any atom is 0.0298 e. The fourth-order valence-electron chi connectivity index (χ4n) is 1.02. The second kappa shape index (κ2) is 5.35. The first-order valence-corrected chi connectivity index (χ1v) is 3.15. The summed E-state index contributed by atoms with van der Waals surface area (Å²) in [5.41, 5.74) is 7.96. The van der Waals surface area contributed by atoms with Gasteiger partial charge in [0, 0.05) is 11.5 Å². The largest absolute Gasteiger partial charge is 0.316 e. The first kappa shape index (κ1) is 9.56. The van der Waals surface area contributed by atoms with E-state index in [9.17, 15) is 0 Å². The van der Waals surface area contributed by atoms with Crippen LogP contribution in [0.1, 0.15) is 6.42 Å². The molecule has 0 spiro atoms. The Kier molecular flexibility index (Phi) is 5.12. The van der Waals surface area contributed by atoms with E-state index in [0.717, 1.165) is 19.5 Å². The fourth-order valence-corrected chi connectivity index (χ4v) is 1.02. The van der Waals surface area contributed by atoms with Crippen molar-refractivity contribution in [2.24, 2.45) is 11.0 Å². The molecule has 1 rings (SSSR count). The zero-order valence-electron chi connectivity index (χ0n) is 5.66. The van der Waals surface area contributed by atoms with Crippen LogP contribution in [0.4, 0.5) is 0 Å². The van der Waals surface area contributed by atoms with Crippen LogP contribution in [-0.2, 0) is 0 Å². The highest BCUT2D eigenvalue weighted by Gasteiger charge is 2.11. The van der Waals surface area contributed by atoms with Crippen molar-refractivity contribution in [3.05, 3.63) is 10.4 Å². The summed E-state index contributed by atoms with van der Waals surface area (Å²) in [6.07, 6.45) is 1.15. The number of azide groups is 1. The van der Waals surface area contributed by atoms with Gasteiger partial charge in [-0.2, -0.15) is 0 Å². The monoisotopic (exact) mass is 162 g/mol. The molecule has 1 N–H and O–H groups in total. The van der Waals surface area contributed by atoms with E-state index in [4.69, 9.17) is 5.53 Å². The maximum atomic E-state index is 7.96. The molecule has 0 aromatic rings. The number of halogens is 1. The SMILES string of the molecule is Cl.[N-]=[N+]=NC[C@@H]1CCNC1. The molecule has 1 aliphatic rings. The molecule has 0 aromatic heterocycles. The van der Waals surface area contributed by atoms with Gasteiger partial charge in [-0.25, -0.2) is 0 Å². The Hall–Kier alpha value is -0.440. The highest BCUT2D eigenvalue weighted by molar-refractivity contribution is 5.85. The Morgan fingerprint density at radius 2 is 2.50 bits per heavy atom. The minimum absolute atomic E-state index is 0. The van der Waals surface area contributed by atoms with Crippen LogP contribution in [0, 0.1) is 5.92 Å². The summed E-state index contributed by atoms with van der Waals surface area (Å²) < 4.78 is 0. The molecule has 10 heavy (non-hydrogen) atoms. The molecule has 5 heteroatoms. The molecular weight excluding hydrogens is 152 g/mol. The summed E-state index contributed by atoms with van der Waals surface area (Å²) >= 11 is 0. The lowest BCUT2D eigenvalue weighted by Gasteiger charge is -1.98. The third kappa shape index (κ3) is 2.92. The molecule has 58 valence electrons. The molecule has 0 radical (unpaired) electrons. The molecule has 1 atom stereocenters. The Labute approximate surface area is 66.0 Å². The van der Waals surface area contributed by atoms with Crippen molar-refractivity contribution in [1.82, 2.24) is 5.32 Å². The van der Waals surface area contributed by atoms with E-state index in [2.05, 4.69) is 15.3 Å². The van der Waals surface area contributed by atoms with Crippen molar-refractivity contribution in [2.45, 2.75) is 6.42 Å². The second-order valence-corrected chi connectivity index (χ2v) is 2.27. The number of rotatable bonds is 2. The molecule has 0 aliphatic carbocycles. The van der Waals surface area contributed by atoms with E-state index in [-0.39, 0.29) is 12.4 Å². The Balaban J connectivity index is 0.000000810. The van der Waals surface area contributed by atoms with E-state index in [1.165, 1.54) is 0 Å². The lowest BCUT2D eigenvalue weighted by atomic mass is 10.1. The molecule has 4 nitrogen and oxygen atoms in total. The molecule has 1 heterocycles. The predicted molar refractivity (Wildman–Crippen MR) is 42.2 cm³/mol. The van der Waals surface area contributed by atoms with Gasteiger partial charge >= 0.3 is 0 Å². The van der Waals surface area contributed by atoms with E-state index in [0.29, 0.717) is 12.5 Å². The number of hydrogen-bond donors (Lipinski definition) is 1. The summed E-state index contributed by atoms with van der Waals surface area (Å²) in [5.74, 6) is 0.584. The van der Waals surface area contributed by atoms with Crippen LogP contribution in [0.25, 0.3) is 10.4 Å². The van der Waals surface area contributed by atoms with Gasteiger partial charge in [-0.1, -0.05) is 5.11 Å². The molecule has 0 aromatic carbocycles. The lowest BCUT2D eigenvalue weighted by Crippen LogP contribution is -2.10. The van der Waals surface area contributed by atoms with Crippen LogP contribution in [-0.4, -0.2) is 19.6 Å². The number of nitrogens with one attached hydrogen (secondary N) is 1. The third-order valence-electron chi connectivity index (χ3n) is 1.57. The first-order chi connectivity index (χ1) is 4.43. The number of hydrogen-bond acceptors (Lipinski definition) is 2. The standard InChI is InChI=1S/C5H10N4.ClH/c6-9-8-4-5-1-2-7-3-5;/h5,7H,1-4H2;1H/t5-;/m1./s1. The van der Waals surface area contributed by atoms with E-state index in [1.807, 2.05) is 0 Å². The maximum absolute atomic E-state index is 7.96. The summed E-state index contributed by atoms with van der Waals surface area (Å²) in [5, 5.41) is 6.69. The van der Waals surface area contributed by atoms with E-state index in [1.54, 1.807) is 0 Å². The van der Waals surface area contributed by atoms with Crippen LogP contribution in [0.3, 0.4) is 0 Å². The highest BCUT2D eigenvalue weighted by Crippen LogP contribution is 2.06. The summed E-state index contributed by atoms with van der Waals surface area (Å²) in [6.45, 7) is 2.74. The molecule has 0 saturated carbocycles. The predicted octanol–water partition coefficient (Wildman–Crippen LogP) is 1.33. The van der Waals surface area contributed by atoms with Crippen LogP contribution in [0.5, 0.6) is 0 Å². The summed E-state index contributed by atoms with van der Waals surface area (Å²) in [6, 6.07) is 0. The van der Waals surface area contributed by atoms with Gasteiger partial charge in [0.1, 0.15) is 0 Å². The molecule has 0 amide bonds. The van der Waals surface area contributed by atoms with Gasteiger partial charge in [0.05, 0.1) is 0 Å². The van der Waals surface area contributed by atoms with E-state index < -0.39 is 0 Å². The zero-order valence-corrected chi connectivity index (χ0v) is 6.47. The van der Waals surface area contributed by atoms with Crippen molar-refractivity contribution in [3.8, 4) is 0 Å². The van der Waals surface area contributed by atoms with Crippen molar-refractivity contribution >= 4 is 12.4 Å². The van der Waals surface area contributed by atoms with Gasteiger partial charge in [0.25, 0.3) is 0 Å². The van der Waals surface area contributed by atoms with Gasteiger partial charge in [-0.15, -0.1) is 12.4 Å². The Morgan fingerprint density at radius 1 is 1.70 bits per heavy atom. The van der Waals surface area contributed by atoms with Gasteiger partial charge < -0.3 is 5.32 Å². The van der Waals surface area contributed by atoms with Crippen LogP contribution < -0.4 is 5.32 Å². The topological polar surface area (TPSA) is 60.8 Å². The molecule has 1 aliphatic heterocycles. The van der Waals surface area contributed by atoms with E-state index >= 15 is 0 Å². The van der Waals surface area contributed by atoms with Gasteiger partial charge in [0.2, 0.25) is 0 Å². The fraction of sp³-hybridized carbons (Fsp3) is 1.00. The Bertz CT molecular complexity index is 126. The first-order valence-electron chi connectivity index (χ1n) is 3.15. The van der Waals surface area contributed by atoms with Crippen LogP contribution >= 0.6 is 12.4 Å². The smallest absolute Gasteiger partial charge is 0.0298 e. The summed E-state index contributed by atoms with van der Waals surface area (Å²) in [4.78, 5) is 2.70. The lowest BCUT2D eigenvalue weighted by molar-refractivity contribution is 0.594. The average Bonchev–Trinajstić information content (AvgIpc) is 2.34. The normalized spacial score (nSPS) is 23.0. The van der Waals surface area contributed by atoms with Gasteiger partial charge in [0.15, 0.2) is 0 Å². The third-order valence-corrected chi connectivity index (χ3v) is 1.57. The minimum atomic E-state index is 0. The molecule has 1 fully saturated rings. The summed E-state index contributed by atoms with van der Waals surface area (Å²) in [7, 11) is 0. The minimum Gasteiger partial charge on any atom is -0.316 e. The average molecular weight is 163 g/mol. The molecular formula is C5H11ClN4. The van der Waals surface area contributed by atoms with Crippen molar-refractivity contribution < 1.29 is 0 Å².